The Labute approximate surface area is 91.1 Å². The standard InChI is InChI=1S/C12H19FN2/c1-10-5-6-11(14-8-4-7-13)9-12(10)15(2)3/h5-6,9,14H,4,7-8H2,1-3H3. The normalized spacial score (nSPS) is 10.1. The highest BCUT2D eigenvalue weighted by atomic mass is 19.1. The van der Waals surface area contributed by atoms with E-state index in [1.54, 1.807) is 0 Å². The predicted molar refractivity (Wildman–Crippen MR) is 64.6 cm³/mol. The van der Waals surface area contributed by atoms with Gasteiger partial charge in [0.1, 0.15) is 0 Å². The van der Waals surface area contributed by atoms with Crippen LogP contribution in [0.4, 0.5) is 15.8 Å². The van der Waals surface area contributed by atoms with Crippen molar-refractivity contribution in [2.75, 3.05) is 37.5 Å². The summed E-state index contributed by atoms with van der Waals surface area (Å²) in [5.74, 6) is 0. The van der Waals surface area contributed by atoms with Crippen LogP contribution in [0.15, 0.2) is 18.2 Å². The number of benzene rings is 1. The maximum absolute atomic E-state index is 11.9. The van der Waals surface area contributed by atoms with Gasteiger partial charge in [0.15, 0.2) is 0 Å². The van der Waals surface area contributed by atoms with Crippen LogP contribution in [-0.4, -0.2) is 27.3 Å². The molecule has 0 heterocycles. The molecule has 0 fully saturated rings. The van der Waals surface area contributed by atoms with Crippen molar-refractivity contribution < 1.29 is 4.39 Å². The third-order valence-corrected chi connectivity index (χ3v) is 2.33. The van der Waals surface area contributed by atoms with Crippen molar-refractivity contribution >= 4 is 11.4 Å². The molecule has 1 aromatic carbocycles. The van der Waals surface area contributed by atoms with Gasteiger partial charge in [-0.3, -0.25) is 4.39 Å². The van der Waals surface area contributed by atoms with Crippen molar-refractivity contribution in [1.29, 1.82) is 0 Å². The lowest BCUT2D eigenvalue weighted by molar-refractivity contribution is 0.481. The highest BCUT2D eigenvalue weighted by Gasteiger charge is 2.01. The summed E-state index contributed by atoms with van der Waals surface area (Å²) in [5, 5.41) is 3.20. The molecular weight excluding hydrogens is 191 g/mol. The lowest BCUT2D eigenvalue weighted by atomic mass is 10.1. The molecule has 0 amide bonds. The minimum absolute atomic E-state index is 0.264. The number of alkyl halides is 1. The van der Waals surface area contributed by atoms with Gasteiger partial charge in [-0.2, -0.15) is 0 Å². The molecular formula is C12H19FN2. The van der Waals surface area contributed by atoms with Crippen molar-refractivity contribution in [2.24, 2.45) is 0 Å². The Morgan fingerprint density at radius 1 is 1.33 bits per heavy atom. The lowest BCUT2D eigenvalue weighted by Crippen LogP contribution is -2.11. The topological polar surface area (TPSA) is 15.3 Å². The molecule has 0 spiro atoms. The fourth-order valence-corrected chi connectivity index (χ4v) is 1.50. The van der Waals surface area contributed by atoms with E-state index in [1.165, 1.54) is 11.3 Å². The van der Waals surface area contributed by atoms with Gasteiger partial charge >= 0.3 is 0 Å². The molecule has 3 heteroatoms. The third kappa shape index (κ3) is 3.42. The van der Waals surface area contributed by atoms with E-state index < -0.39 is 0 Å². The summed E-state index contributed by atoms with van der Waals surface area (Å²) in [5.41, 5.74) is 3.49. The number of aryl methyl sites for hydroxylation is 1. The molecule has 0 saturated heterocycles. The van der Waals surface area contributed by atoms with Crippen LogP contribution < -0.4 is 10.2 Å². The molecule has 1 aromatic rings. The zero-order chi connectivity index (χ0) is 11.3. The molecule has 0 aliphatic carbocycles. The largest absolute Gasteiger partial charge is 0.385 e. The van der Waals surface area contributed by atoms with Gasteiger partial charge in [0.05, 0.1) is 6.67 Å². The van der Waals surface area contributed by atoms with E-state index in [-0.39, 0.29) is 6.67 Å². The SMILES string of the molecule is Cc1ccc(NCCCF)cc1N(C)C. The Bertz CT molecular complexity index is 310. The van der Waals surface area contributed by atoms with Gasteiger partial charge in [-0.15, -0.1) is 0 Å². The fraction of sp³-hybridized carbons (Fsp3) is 0.500. The molecule has 2 nitrogen and oxygen atoms in total. The molecule has 0 aliphatic heterocycles. The summed E-state index contributed by atoms with van der Waals surface area (Å²) in [6.07, 6.45) is 0.561. The van der Waals surface area contributed by atoms with Gasteiger partial charge in [-0.05, 0) is 31.0 Å². The lowest BCUT2D eigenvalue weighted by Gasteiger charge is -2.17. The van der Waals surface area contributed by atoms with Crippen molar-refractivity contribution in [3.05, 3.63) is 23.8 Å². The number of halogens is 1. The van der Waals surface area contributed by atoms with Crippen LogP contribution in [0.2, 0.25) is 0 Å². The molecule has 1 N–H and O–H groups in total. The van der Waals surface area contributed by atoms with Gasteiger partial charge in [0.25, 0.3) is 0 Å². The van der Waals surface area contributed by atoms with Crippen LogP contribution in [0.3, 0.4) is 0 Å². The molecule has 0 aliphatic rings. The Hall–Kier alpha value is -1.25. The van der Waals surface area contributed by atoms with Gasteiger partial charge in [0, 0.05) is 32.0 Å². The van der Waals surface area contributed by atoms with Crippen LogP contribution in [-0.2, 0) is 0 Å². The second-order valence-corrected chi connectivity index (χ2v) is 3.87. The van der Waals surface area contributed by atoms with E-state index in [2.05, 4.69) is 29.3 Å². The van der Waals surface area contributed by atoms with E-state index in [4.69, 9.17) is 0 Å². The smallest absolute Gasteiger partial charge is 0.0911 e. The fourth-order valence-electron chi connectivity index (χ4n) is 1.50. The predicted octanol–water partition coefficient (Wildman–Crippen LogP) is 2.83. The first kappa shape index (κ1) is 11.8. The van der Waals surface area contributed by atoms with Gasteiger partial charge in [-0.25, -0.2) is 0 Å². The van der Waals surface area contributed by atoms with Crippen LogP contribution in [0.1, 0.15) is 12.0 Å². The van der Waals surface area contributed by atoms with E-state index in [1.807, 2.05) is 20.2 Å². The number of hydrogen-bond donors (Lipinski definition) is 1. The van der Waals surface area contributed by atoms with Crippen LogP contribution in [0.25, 0.3) is 0 Å². The molecule has 0 aromatic heterocycles. The molecule has 15 heavy (non-hydrogen) atoms. The summed E-state index contributed by atoms with van der Waals surface area (Å²) in [4.78, 5) is 2.08. The van der Waals surface area contributed by atoms with Gasteiger partial charge in [0.2, 0.25) is 0 Å². The maximum atomic E-state index is 11.9. The Morgan fingerprint density at radius 2 is 2.07 bits per heavy atom. The van der Waals surface area contributed by atoms with Crippen molar-refractivity contribution in [1.82, 2.24) is 0 Å². The number of nitrogens with zero attached hydrogens (tertiary/aromatic N) is 1. The van der Waals surface area contributed by atoms with Crippen LogP contribution >= 0.6 is 0 Å². The number of hydrogen-bond acceptors (Lipinski definition) is 2. The quantitative estimate of drug-likeness (QED) is 0.752. The summed E-state index contributed by atoms with van der Waals surface area (Å²) in [6.45, 7) is 2.51. The molecule has 84 valence electrons. The summed E-state index contributed by atoms with van der Waals surface area (Å²) >= 11 is 0. The second kappa shape index (κ2) is 5.59. The number of anilines is 2. The van der Waals surface area contributed by atoms with E-state index in [0.717, 1.165) is 5.69 Å². The monoisotopic (exact) mass is 210 g/mol. The molecule has 0 saturated carbocycles. The first-order valence-electron chi connectivity index (χ1n) is 5.23. The van der Waals surface area contributed by atoms with Crippen molar-refractivity contribution in [2.45, 2.75) is 13.3 Å². The number of nitrogens with one attached hydrogen (secondary N) is 1. The molecule has 1 rings (SSSR count). The first-order valence-corrected chi connectivity index (χ1v) is 5.23. The molecule has 0 radical (unpaired) electrons. The summed E-state index contributed by atoms with van der Waals surface area (Å²) in [7, 11) is 4.04. The van der Waals surface area contributed by atoms with Crippen LogP contribution in [0, 0.1) is 6.92 Å². The zero-order valence-corrected chi connectivity index (χ0v) is 9.68. The van der Waals surface area contributed by atoms with Gasteiger partial charge in [-0.1, -0.05) is 6.07 Å². The Kier molecular flexibility index (Phi) is 4.40. The van der Waals surface area contributed by atoms with E-state index >= 15 is 0 Å². The van der Waals surface area contributed by atoms with Crippen molar-refractivity contribution in [3.63, 3.8) is 0 Å². The average molecular weight is 210 g/mol. The number of rotatable bonds is 5. The Morgan fingerprint density at radius 3 is 2.67 bits per heavy atom. The maximum Gasteiger partial charge on any atom is 0.0911 e. The van der Waals surface area contributed by atoms with E-state index in [9.17, 15) is 4.39 Å². The van der Waals surface area contributed by atoms with Crippen LogP contribution in [0.5, 0.6) is 0 Å². The minimum Gasteiger partial charge on any atom is -0.385 e. The molecule has 0 unspecified atom stereocenters. The van der Waals surface area contributed by atoms with Gasteiger partial charge < -0.3 is 10.2 Å². The summed E-state index contributed by atoms with van der Waals surface area (Å²) < 4.78 is 11.9. The highest BCUT2D eigenvalue weighted by molar-refractivity contribution is 5.61. The summed E-state index contributed by atoms with van der Waals surface area (Å²) in [6, 6.07) is 6.20. The zero-order valence-electron chi connectivity index (χ0n) is 9.68. The molecule has 0 atom stereocenters. The molecule has 0 bridgehead atoms. The Balaban J connectivity index is 2.70. The third-order valence-electron chi connectivity index (χ3n) is 2.33. The van der Waals surface area contributed by atoms with Crippen molar-refractivity contribution in [3.8, 4) is 0 Å². The minimum atomic E-state index is -0.264. The highest BCUT2D eigenvalue weighted by Crippen LogP contribution is 2.22. The second-order valence-electron chi connectivity index (χ2n) is 3.87. The van der Waals surface area contributed by atoms with E-state index in [0.29, 0.717) is 13.0 Å². The first-order chi connectivity index (χ1) is 7.15. The average Bonchev–Trinajstić information content (AvgIpc) is 2.20.